The molecule has 0 radical (unpaired) electrons. The predicted molar refractivity (Wildman–Crippen MR) is 87.5 cm³/mol. The van der Waals surface area contributed by atoms with E-state index in [-0.39, 0.29) is 0 Å². The van der Waals surface area contributed by atoms with Crippen molar-refractivity contribution in [3.63, 3.8) is 0 Å². The fourth-order valence-corrected chi connectivity index (χ4v) is 3.17. The first kappa shape index (κ1) is 15.8. The Bertz CT molecular complexity index is 604. The first-order valence-electron chi connectivity index (χ1n) is 8.00. The van der Waals surface area contributed by atoms with E-state index in [4.69, 9.17) is 0 Å². The standard InChI is InChI=1S/C17H22FN5/c1-22(11-14-4-2-6-19-8-14)12-15-5-3-7-23(13-15)17-20-9-16(18)10-21-17/h2,4,6,8-10,15H,3,5,7,11-13H2,1H3/t15-/m1/s1. The third-order valence-corrected chi connectivity index (χ3v) is 4.15. The lowest BCUT2D eigenvalue weighted by atomic mass is 9.97. The minimum Gasteiger partial charge on any atom is -0.341 e. The highest BCUT2D eigenvalue weighted by molar-refractivity contribution is 5.29. The highest BCUT2D eigenvalue weighted by atomic mass is 19.1. The van der Waals surface area contributed by atoms with Gasteiger partial charge in [-0.2, -0.15) is 0 Å². The molecule has 0 aliphatic carbocycles. The van der Waals surface area contributed by atoms with E-state index in [9.17, 15) is 4.39 Å². The summed E-state index contributed by atoms with van der Waals surface area (Å²) in [6.45, 7) is 3.78. The third-order valence-electron chi connectivity index (χ3n) is 4.15. The Hall–Kier alpha value is -2.08. The SMILES string of the molecule is CN(Cc1cccnc1)C[C@H]1CCCN(c2ncc(F)cn2)C1. The summed E-state index contributed by atoms with van der Waals surface area (Å²) in [5.41, 5.74) is 1.23. The lowest BCUT2D eigenvalue weighted by Crippen LogP contribution is -2.40. The van der Waals surface area contributed by atoms with E-state index in [1.54, 1.807) is 6.20 Å². The van der Waals surface area contributed by atoms with Crippen molar-refractivity contribution in [3.8, 4) is 0 Å². The van der Waals surface area contributed by atoms with Crippen molar-refractivity contribution in [2.45, 2.75) is 19.4 Å². The molecule has 6 heteroatoms. The Labute approximate surface area is 136 Å². The molecule has 0 N–H and O–H groups in total. The largest absolute Gasteiger partial charge is 0.341 e. The van der Waals surface area contributed by atoms with E-state index in [1.807, 2.05) is 12.3 Å². The summed E-state index contributed by atoms with van der Waals surface area (Å²) in [4.78, 5) is 16.9. The molecule has 3 heterocycles. The first-order valence-corrected chi connectivity index (χ1v) is 8.00. The maximum Gasteiger partial charge on any atom is 0.225 e. The zero-order valence-electron chi connectivity index (χ0n) is 13.4. The molecule has 1 aliphatic heterocycles. The highest BCUT2D eigenvalue weighted by Gasteiger charge is 2.22. The maximum atomic E-state index is 13.0. The van der Waals surface area contributed by atoms with Gasteiger partial charge in [-0.1, -0.05) is 6.07 Å². The summed E-state index contributed by atoms with van der Waals surface area (Å²) in [5, 5.41) is 0. The van der Waals surface area contributed by atoms with Gasteiger partial charge in [0, 0.05) is 38.6 Å². The number of aromatic nitrogens is 3. The van der Waals surface area contributed by atoms with Crippen molar-refractivity contribution in [2.24, 2.45) is 5.92 Å². The topological polar surface area (TPSA) is 45.2 Å². The lowest BCUT2D eigenvalue weighted by Gasteiger charge is -2.34. The van der Waals surface area contributed by atoms with E-state index in [1.165, 1.54) is 24.4 Å². The van der Waals surface area contributed by atoms with Gasteiger partial charge in [-0.05, 0) is 37.4 Å². The summed E-state index contributed by atoms with van der Waals surface area (Å²) in [5.74, 6) is 0.809. The summed E-state index contributed by atoms with van der Waals surface area (Å²) >= 11 is 0. The van der Waals surface area contributed by atoms with Crippen LogP contribution in [0.3, 0.4) is 0 Å². The van der Waals surface area contributed by atoms with Gasteiger partial charge < -0.3 is 9.80 Å². The van der Waals surface area contributed by atoms with Gasteiger partial charge in [0.05, 0.1) is 12.4 Å². The number of nitrogens with zero attached hydrogens (tertiary/aromatic N) is 5. The zero-order chi connectivity index (χ0) is 16.1. The average Bonchev–Trinajstić information content (AvgIpc) is 2.56. The van der Waals surface area contributed by atoms with E-state index in [0.717, 1.165) is 32.6 Å². The molecule has 0 amide bonds. The lowest BCUT2D eigenvalue weighted by molar-refractivity contribution is 0.247. The van der Waals surface area contributed by atoms with Crippen LogP contribution in [-0.4, -0.2) is 46.5 Å². The van der Waals surface area contributed by atoms with E-state index in [2.05, 4.69) is 37.9 Å². The van der Waals surface area contributed by atoms with Gasteiger partial charge in [0.15, 0.2) is 5.82 Å². The Balaban J connectivity index is 1.55. The third kappa shape index (κ3) is 4.45. The van der Waals surface area contributed by atoms with Crippen molar-refractivity contribution in [3.05, 3.63) is 48.3 Å². The second kappa shape index (κ2) is 7.46. The molecule has 0 bridgehead atoms. The van der Waals surface area contributed by atoms with Crippen LogP contribution in [0.2, 0.25) is 0 Å². The van der Waals surface area contributed by atoms with Crippen LogP contribution in [0.25, 0.3) is 0 Å². The summed E-state index contributed by atoms with van der Waals surface area (Å²) < 4.78 is 13.0. The van der Waals surface area contributed by atoms with Crippen LogP contribution in [0.15, 0.2) is 36.9 Å². The van der Waals surface area contributed by atoms with Gasteiger partial charge in [-0.15, -0.1) is 0 Å². The molecular formula is C17H22FN5. The maximum absolute atomic E-state index is 13.0. The Kier molecular flexibility index (Phi) is 5.12. The van der Waals surface area contributed by atoms with Crippen LogP contribution in [-0.2, 0) is 6.54 Å². The molecule has 2 aromatic heterocycles. The Morgan fingerprint density at radius 3 is 2.87 bits per heavy atom. The molecule has 1 saturated heterocycles. The minimum absolute atomic E-state index is 0.390. The Morgan fingerprint density at radius 1 is 1.30 bits per heavy atom. The molecule has 1 atom stereocenters. The zero-order valence-corrected chi connectivity index (χ0v) is 13.4. The van der Waals surface area contributed by atoms with E-state index in [0.29, 0.717) is 11.9 Å². The second-order valence-corrected chi connectivity index (χ2v) is 6.21. The highest BCUT2D eigenvalue weighted by Crippen LogP contribution is 2.21. The first-order chi connectivity index (χ1) is 11.2. The van der Waals surface area contributed by atoms with Crippen molar-refractivity contribution < 1.29 is 4.39 Å². The fourth-order valence-electron chi connectivity index (χ4n) is 3.17. The number of hydrogen-bond acceptors (Lipinski definition) is 5. The number of hydrogen-bond donors (Lipinski definition) is 0. The van der Waals surface area contributed by atoms with Crippen LogP contribution >= 0.6 is 0 Å². The molecule has 23 heavy (non-hydrogen) atoms. The van der Waals surface area contributed by atoms with Crippen molar-refractivity contribution in [1.29, 1.82) is 0 Å². The second-order valence-electron chi connectivity index (χ2n) is 6.21. The van der Waals surface area contributed by atoms with Crippen LogP contribution in [0, 0.1) is 11.7 Å². The molecule has 3 rings (SSSR count). The molecule has 0 saturated carbocycles. The van der Waals surface area contributed by atoms with Crippen LogP contribution in [0.1, 0.15) is 18.4 Å². The number of anilines is 1. The number of pyridine rings is 1. The van der Waals surface area contributed by atoms with Crippen LogP contribution < -0.4 is 4.90 Å². The molecular weight excluding hydrogens is 293 g/mol. The van der Waals surface area contributed by atoms with Gasteiger partial charge >= 0.3 is 0 Å². The summed E-state index contributed by atoms with van der Waals surface area (Å²) in [6, 6.07) is 4.07. The van der Waals surface area contributed by atoms with Gasteiger partial charge in [0.2, 0.25) is 5.95 Å². The molecule has 1 aliphatic rings. The number of rotatable bonds is 5. The molecule has 0 aromatic carbocycles. The number of piperidine rings is 1. The molecule has 1 fully saturated rings. The number of halogens is 1. The van der Waals surface area contributed by atoms with Crippen LogP contribution in [0.4, 0.5) is 10.3 Å². The molecule has 5 nitrogen and oxygen atoms in total. The quantitative estimate of drug-likeness (QED) is 0.847. The fraction of sp³-hybridized carbons (Fsp3) is 0.471. The smallest absolute Gasteiger partial charge is 0.225 e. The molecule has 0 unspecified atom stereocenters. The van der Waals surface area contributed by atoms with Gasteiger partial charge in [0.1, 0.15) is 0 Å². The summed E-state index contributed by atoms with van der Waals surface area (Å²) in [6.07, 6.45) is 8.50. The normalized spacial score (nSPS) is 18.4. The van der Waals surface area contributed by atoms with Crippen molar-refractivity contribution in [1.82, 2.24) is 19.9 Å². The van der Waals surface area contributed by atoms with E-state index < -0.39 is 5.82 Å². The van der Waals surface area contributed by atoms with Gasteiger partial charge in [-0.25, -0.2) is 14.4 Å². The predicted octanol–water partition coefficient (Wildman–Crippen LogP) is 2.36. The monoisotopic (exact) mass is 315 g/mol. The van der Waals surface area contributed by atoms with Crippen molar-refractivity contribution >= 4 is 5.95 Å². The molecule has 2 aromatic rings. The Morgan fingerprint density at radius 2 is 2.13 bits per heavy atom. The van der Waals surface area contributed by atoms with Crippen molar-refractivity contribution in [2.75, 3.05) is 31.6 Å². The average molecular weight is 315 g/mol. The summed E-state index contributed by atoms with van der Waals surface area (Å²) in [7, 11) is 2.14. The minimum atomic E-state index is -0.390. The van der Waals surface area contributed by atoms with Gasteiger partial charge in [-0.3, -0.25) is 4.98 Å². The molecule has 0 spiro atoms. The van der Waals surface area contributed by atoms with E-state index >= 15 is 0 Å². The van der Waals surface area contributed by atoms with Gasteiger partial charge in [0.25, 0.3) is 0 Å². The molecule has 122 valence electrons. The van der Waals surface area contributed by atoms with Crippen LogP contribution in [0.5, 0.6) is 0 Å².